The van der Waals surface area contributed by atoms with Gasteiger partial charge in [0.1, 0.15) is 11.3 Å². The standard InChI is InChI=1S/C14H21NO4/c1-18-13-10-11(15)6-7-12(13)14(17)19-9-5-3-2-4-8-16/h6-7,10,16H,2-5,8-9,15H2,1H3. The molecule has 0 saturated carbocycles. The van der Waals surface area contributed by atoms with Gasteiger partial charge in [-0.1, -0.05) is 6.42 Å². The van der Waals surface area contributed by atoms with E-state index in [4.69, 9.17) is 20.3 Å². The molecule has 0 bridgehead atoms. The second kappa shape index (κ2) is 8.37. The fraction of sp³-hybridized carbons (Fsp3) is 0.500. The quantitative estimate of drug-likeness (QED) is 0.427. The first-order chi connectivity index (χ1) is 9.19. The number of anilines is 1. The number of esters is 1. The third kappa shape index (κ3) is 5.18. The van der Waals surface area contributed by atoms with Crippen molar-refractivity contribution in [3.8, 4) is 5.75 Å². The lowest BCUT2D eigenvalue weighted by atomic mass is 10.2. The van der Waals surface area contributed by atoms with Crippen LogP contribution in [-0.4, -0.2) is 31.4 Å². The summed E-state index contributed by atoms with van der Waals surface area (Å²) in [6, 6.07) is 4.83. The molecule has 1 rings (SSSR count). The van der Waals surface area contributed by atoms with Gasteiger partial charge in [0.25, 0.3) is 0 Å². The van der Waals surface area contributed by atoms with Gasteiger partial charge in [-0.2, -0.15) is 0 Å². The summed E-state index contributed by atoms with van der Waals surface area (Å²) in [6.45, 7) is 0.584. The van der Waals surface area contributed by atoms with Crippen LogP contribution in [0.2, 0.25) is 0 Å². The maximum absolute atomic E-state index is 11.8. The highest BCUT2D eigenvalue weighted by atomic mass is 16.5. The number of ether oxygens (including phenoxy) is 2. The molecule has 106 valence electrons. The van der Waals surface area contributed by atoms with Crippen LogP contribution in [0.3, 0.4) is 0 Å². The molecule has 0 aromatic heterocycles. The molecular formula is C14H21NO4. The summed E-state index contributed by atoms with van der Waals surface area (Å²) < 4.78 is 10.3. The lowest BCUT2D eigenvalue weighted by Crippen LogP contribution is -2.08. The molecule has 5 nitrogen and oxygen atoms in total. The van der Waals surface area contributed by atoms with Gasteiger partial charge < -0.3 is 20.3 Å². The Hall–Kier alpha value is -1.75. The molecule has 0 spiro atoms. The maximum atomic E-state index is 11.8. The van der Waals surface area contributed by atoms with Crippen LogP contribution in [0.4, 0.5) is 5.69 Å². The zero-order valence-electron chi connectivity index (χ0n) is 11.2. The molecule has 0 fully saturated rings. The van der Waals surface area contributed by atoms with E-state index in [-0.39, 0.29) is 6.61 Å². The predicted octanol–water partition coefficient (Wildman–Crippen LogP) is 1.99. The average molecular weight is 267 g/mol. The highest BCUT2D eigenvalue weighted by molar-refractivity contribution is 5.93. The molecular weight excluding hydrogens is 246 g/mol. The first kappa shape index (κ1) is 15.3. The first-order valence-corrected chi connectivity index (χ1v) is 6.40. The summed E-state index contributed by atoms with van der Waals surface area (Å²) in [6.07, 6.45) is 3.47. The number of carbonyl (C=O) groups excluding carboxylic acids is 1. The summed E-state index contributed by atoms with van der Waals surface area (Å²) >= 11 is 0. The number of aliphatic hydroxyl groups is 1. The number of nitrogen functional groups attached to an aromatic ring is 1. The Morgan fingerprint density at radius 2 is 2.00 bits per heavy atom. The van der Waals surface area contributed by atoms with Gasteiger partial charge in [-0.05, 0) is 31.4 Å². The Morgan fingerprint density at radius 3 is 2.68 bits per heavy atom. The number of unbranched alkanes of at least 4 members (excludes halogenated alkanes) is 3. The molecule has 0 radical (unpaired) electrons. The van der Waals surface area contributed by atoms with Crippen LogP contribution in [0, 0.1) is 0 Å². The molecule has 0 heterocycles. The molecule has 0 aliphatic heterocycles. The highest BCUT2D eigenvalue weighted by Gasteiger charge is 2.13. The number of benzene rings is 1. The lowest BCUT2D eigenvalue weighted by Gasteiger charge is -2.09. The van der Waals surface area contributed by atoms with Crippen molar-refractivity contribution in [2.45, 2.75) is 25.7 Å². The monoisotopic (exact) mass is 267 g/mol. The highest BCUT2D eigenvalue weighted by Crippen LogP contribution is 2.22. The van der Waals surface area contributed by atoms with Crippen LogP contribution >= 0.6 is 0 Å². The Kier molecular flexibility index (Phi) is 6.74. The Labute approximate surface area is 113 Å². The Morgan fingerprint density at radius 1 is 1.26 bits per heavy atom. The van der Waals surface area contributed by atoms with Crippen molar-refractivity contribution in [3.63, 3.8) is 0 Å². The smallest absolute Gasteiger partial charge is 0.341 e. The number of aliphatic hydroxyl groups excluding tert-OH is 1. The molecule has 5 heteroatoms. The van der Waals surface area contributed by atoms with Crippen molar-refractivity contribution in [2.75, 3.05) is 26.1 Å². The second-order valence-electron chi connectivity index (χ2n) is 4.23. The van der Waals surface area contributed by atoms with Crippen LogP contribution in [0.25, 0.3) is 0 Å². The van der Waals surface area contributed by atoms with Crippen LogP contribution in [0.15, 0.2) is 18.2 Å². The van der Waals surface area contributed by atoms with Crippen LogP contribution in [0.5, 0.6) is 5.75 Å². The maximum Gasteiger partial charge on any atom is 0.341 e. The summed E-state index contributed by atoms with van der Waals surface area (Å²) in [5.41, 5.74) is 6.54. The van der Waals surface area contributed by atoms with Gasteiger partial charge in [-0.3, -0.25) is 0 Å². The molecule has 0 aliphatic carbocycles. The molecule has 0 aliphatic rings. The number of nitrogens with two attached hydrogens (primary N) is 1. The van der Waals surface area contributed by atoms with Gasteiger partial charge in [0.15, 0.2) is 0 Å². The van der Waals surface area contributed by atoms with E-state index >= 15 is 0 Å². The molecule has 19 heavy (non-hydrogen) atoms. The Balaban J connectivity index is 2.41. The molecule has 0 atom stereocenters. The largest absolute Gasteiger partial charge is 0.496 e. The topological polar surface area (TPSA) is 81.8 Å². The van der Waals surface area contributed by atoms with Gasteiger partial charge in [-0.25, -0.2) is 4.79 Å². The molecule has 1 aromatic rings. The summed E-state index contributed by atoms with van der Waals surface area (Å²) in [7, 11) is 1.49. The van der Waals surface area contributed by atoms with E-state index in [0.717, 1.165) is 25.7 Å². The minimum atomic E-state index is -0.404. The second-order valence-corrected chi connectivity index (χ2v) is 4.23. The minimum Gasteiger partial charge on any atom is -0.496 e. The van der Waals surface area contributed by atoms with E-state index in [0.29, 0.717) is 23.6 Å². The summed E-state index contributed by atoms with van der Waals surface area (Å²) in [5.74, 6) is 0.0179. The van der Waals surface area contributed by atoms with E-state index in [1.807, 2.05) is 0 Å². The number of hydrogen-bond acceptors (Lipinski definition) is 5. The van der Waals surface area contributed by atoms with E-state index in [2.05, 4.69) is 0 Å². The minimum absolute atomic E-state index is 0.211. The van der Waals surface area contributed by atoms with Crippen molar-refractivity contribution in [1.29, 1.82) is 0 Å². The van der Waals surface area contributed by atoms with Crippen molar-refractivity contribution in [1.82, 2.24) is 0 Å². The van der Waals surface area contributed by atoms with Crippen LogP contribution < -0.4 is 10.5 Å². The Bertz CT molecular complexity index is 406. The van der Waals surface area contributed by atoms with Crippen molar-refractivity contribution in [2.24, 2.45) is 0 Å². The van der Waals surface area contributed by atoms with Gasteiger partial charge in [-0.15, -0.1) is 0 Å². The van der Waals surface area contributed by atoms with E-state index in [1.54, 1.807) is 18.2 Å². The van der Waals surface area contributed by atoms with Crippen LogP contribution in [0.1, 0.15) is 36.0 Å². The normalized spacial score (nSPS) is 10.2. The van der Waals surface area contributed by atoms with Crippen molar-refractivity contribution >= 4 is 11.7 Å². The van der Waals surface area contributed by atoms with Gasteiger partial charge in [0, 0.05) is 18.4 Å². The molecule has 1 aromatic carbocycles. The van der Waals surface area contributed by atoms with E-state index in [1.165, 1.54) is 7.11 Å². The average Bonchev–Trinajstić information content (AvgIpc) is 2.42. The number of carbonyl (C=O) groups is 1. The number of rotatable bonds is 8. The zero-order chi connectivity index (χ0) is 14.1. The van der Waals surface area contributed by atoms with Crippen molar-refractivity contribution < 1.29 is 19.4 Å². The third-order valence-corrected chi connectivity index (χ3v) is 2.73. The van der Waals surface area contributed by atoms with Gasteiger partial charge >= 0.3 is 5.97 Å². The predicted molar refractivity (Wildman–Crippen MR) is 73.2 cm³/mol. The molecule has 3 N–H and O–H groups in total. The van der Waals surface area contributed by atoms with E-state index < -0.39 is 5.97 Å². The summed E-state index contributed by atoms with van der Waals surface area (Å²) in [4.78, 5) is 11.8. The number of hydrogen-bond donors (Lipinski definition) is 2. The van der Waals surface area contributed by atoms with Crippen molar-refractivity contribution in [3.05, 3.63) is 23.8 Å². The zero-order valence-corrected chi connectivity index (χ0v) is 11.2. The number of methoxy groups -OCH3 is 1. The van der Waals surface area contributed by atoms with Gasteiger partial charge in [0.05, 0.1) is 13.7 Å². The van der Waals surface area contributed by atoms with Gasteiger partial charge in [0.2, 0.25) is 0 Å². The fourth-order valence-corrected chi connectivity index (χ4v) is 1.69. The molecule has 0 saturated heterocycles. The third-order valence-electron chi connectivity index (χ3n) is 2.73. The SMILES string of the molecule is COc1cc(N)ccc1C(=O)OCCCCCCO. The molecule has 0 amide bonds. The molecule has 0 unspecified atom stereocenters. The summed E-state index contributed by atoms with van der Waals surface area (Å²) in [5, 5.41) is 8.63. The lowest BCUT2D eigenvalue weighted by molar-refractivity contribution is 0.0493. The first-order valence-electron chi connectivity index (χ1n) is 6.40. The fourth-order valence-electron chi connectivity index (χ4n) is 1.69. The van der Waals surface area contributed by atoms with Crippen LogP contribution in [-0.2, 0) is 4.74 Å². The van der Waals surface area contributed by atoms with E-state index in [9.17, 15) is 4.79 Å².